The highest BCUT2D eigenvalue weighted by molar-refractivity contribution is 5.72. The van der Waals surface area contributed by atoms with Crippen LogP contribution in [0.1, 0.15) is 0 Å². The van der Waals surface area contributed by atoms with E-state index in [0.717, 1.165) is 0 Å². The van der Waals surface area contributed by atoms with Crippen molar-refractivity contribution >= 4 is 5.97 Å². The molecule has 0 spiro atoms. The third-order valence-corrected chi connectivity index (χ3v) is 1.00. The summed E-state index contributed by atoms with van der Waals surface area (Å²) in [5.74, 6) is -1.08. The Hall–Kier alpha value is -0.650. The highest BCUT2D eigenvalue weighted by Gasteiger charge is 2.16. The molecule has 0 aromatic rings. The quantitative estimate of drug-likeness (QED) is 0.531. The van der Waals surface area contributed by atoms with Crippen LogP contribution in [0.3, 0.4) is 0 Å². The molecule has 0 heterocycles. The maximum atomic E-state index is 10.3. The highest BCUT2D eigenvalue weighted by Crippen LogP contribution is 1.92. The summed E-state index contributed by atoms with van der Waals surface area (Å²) in [4.78, 5) is 10.3. The van der Waals surface area contributed by atoms with Crippen LogP contribution in [-0.4, -0.2) is 49.2 Å². The Bertz CT molecular complexity index is 114. The number of aliphatic hydroxyl groups is 1. The lowest BCUT2D eigenvalue weighted by atomic mass is 10.4. The maximum Gasteiger partial charge on any atom is 0.335 e. The van der Waals surface area contributed by atoms with E-state index in [2.05, 4.69) is 4.74 Å². The minimum absolute atomic E-state index is 0.00463. The number of aliphatic carboxylic acids is 1. The van der Waals surface area contributed by atoms with Crippen LogP contribution in [0.5, 0.6) is 0 Å². The van der Waals surface area contributed by atoms with Gasteiger partial charge in [-0.25, -0.2) is 4.79 Å². The van der Waals surface area contributed by atoms with Gasteiger partial charge in [-0.1, -0.05) is 0 Å². The molecule has 2 N–H and O–H groups in total. The average Bonchev–Trinajstić information content (AvgIpc) is 1.97. The monoisotopic (exact) mass is 164 g/mol. The minimum atomic E-state index is -1.08. The highest BCUT2D eigenvalue weighted by atomic mass is 16.5. The second kappa shape index (κ2) is 6.09. The molecule has 0 aromatic carbocycles. The molecule has 1 atom stereocenters. The first kappa shape index (κ1) is 10.3. The minimum Gasteiger partial charge on any atom is -0.479 e. The zero-order chi connectivity index (χ0) is 8.69. The van der Waals surface area contributed by atoms with Crippen molar-refractivity contribution < 1.29 is 24.5 Å². The molecule has 66 valence electrons. The van der Waals surface area contributed by atoms with Crippen molar-refractivity contribution in [2.24, 2.45) is 0 Å². The first-order valence-corrected chi connectivity index (χ1v) is 3.16. The van der Waals surface area contributed by atoms with Gasteiger partial charge in [0.15, 0.2) is 6.10 Å². The normalized spacial score (nSPS) is 12.9. The molecule has 0 amide bonds. The number of carbonyl (C=O) groups is 1. The van der Waals surface area contributed by atoms with Crippen molar-refractivity contribution in [3.05, 3.63) is 0 Å². The van der Waals surface area contributed by atoms with E-state index >= 15 is 0 Å². The van der Waals surface area contributed by atoms with Crippen LogP contribution in [0, 0.1) is 0 Å². The smallest absolute Gasteiger partial charge is 0.335 e. The van der Waals surface area contributed by atoms with Crippen molar-refractivity contribution in [1.82, 2.24) is 0 Å². The summed E-state index contributed by atoms with van der Waals surface area (Å²) < 4.78 is 9.29. The lowest BCUT2D eigenvalue weighted by Crippen LogP contribution is -2.29. The summed E-state index contributed by atoms with van der Waals surface area (Å²) in [6.45, 7) is -0.177. The molecule has 0 radical (unpaired) electrons. The van der Waals surface area contributed by atoms with E-state index in [-0.39, 0.29) is 19.8 Å². The summed E-state index contributed by atoms with van der Waals surface area (Å²) in [5.41, 5.74) is 0. The van der Waals surface area contributed by atoms with Gasteiger partial charge in [0.2, 0.25) is 0 Å². The number of carboxylic acids is 1. The number of ether oxygens (including phenoxy) is 2. The Morgan fingerprint density at radius 2 is 2.27 bits per heavy atom. The Morgan fingerprint density at radius 3 is 2.64 bits per heavy atom. The molecule has 0 bridgehead atoms. The predicted molar refractivity (Wildman–Crippen MR) is 36.3 cm³/mol. The van der Waals surface area contributed by atoms with Gasteiger partial charge in [0.05, 0.1) is 19.8 Å². The molecular formula is C6H12O5. The van der Waals surface area contributed by atoms with Crippen molar-refractivity contribution in [2.45, 2.75) is 6.10 Å². The number of rotatable bonds is 6. The number of hydrogen-bond donors (Lipinski definition) is 2. The third kappa shape index (κ3) is 4.72. The van der Waals surface area contributed by atoms with Crippen molar-refractivity contribution in [3.63, 3.8) is 0 Å². The summed E-state index contributed by atoms with van der Waals surface area (Å²) >= 11 is 0. The first-order valence-electron chi connectivity index (χ1n) is 3.16. The summed E-state index contributed by atoms with van der Waals surface area (Å²) in [6, 6.07) is 0. The van der Waals surface area contributed by atoms with Gasteiger partial charge in [-0.15, -0.1) is 0 Å². The fraction of sp³-hybridized carbons (Fsp3) is 0.833. The summed E-state index contributed by atoms with van der Waals surface area (Å²) in [6.07, 6.45) is -0.979. The van der Waals surface area contributed by atoms with Crippen molar-refractivity contribution in [1.29, 1.82) is 0 Å². The van der Waals surface area contributed by atoms with Gasteiger partial charge in [-0.2, -0.15) is 0 Å². The molecule has 5 nitrogen and oxygen atoms in total. The molecule has 0 aromatic heterocycles. The summed E-state index contributed by atoms with van der Waals surface area (Å²) in [7, 11) is 1.39. The average molecular weight is 164 g/mol. The van der Waals surface area contributed by atoms with Gasteiger partial charge in [0, 0.05) is 7.11 Å². The van der Waals surface area contributed by atoms with E-state index < -0.39 is 12.1 Å². The Morgan fingerprint density at radius 1 is 1.64 bits per heavy atom. The van der Waals surface area contributed by atoms with E-state index in [1.165, 1.54) is 7.11 Å². The standard InChI is InChI=1S/C6H12O5/c1-10-4-5(6(8)9)11-3-2-7/h5,7H,2-4H2,1H3,(H,8,9). The molecule has 0 saturated carbocycles. The first-order chi connectivity index (χ1) is 5.22. The second-order valence-corrected chi connectivity index (χ2v) is 1.88. The Kier molecular flexibility index (Phi) is 5.73. The topological polar surface area (TPSA) is 76.0 Å². The van der Waals surface area contributed by atoms with Crippen LogP contribution in [0.4, 0.5) is 0 Å². The van der Waals surface area contributed by atoms with Crippen LogP contribution in [0.15, 0.2) is 0 Å². The van der Waals surface area contributed by atoms with Gasteiger partial charge in [0.1, 0.15) is 0 Å². The number of methoxy groups -OCH3 is 1. The van der Waals surface area contributed by atoms with E-state index in [9.17, 15) is 4.79 Å². The van der Waals surface area contributed by atoms with Gasteiger partial charge in [-0.05, 0) is 0 Å². The van der Waals surface area contributed by atoms with E-state index in [1.54, 1.807) is 0 Å². The Balaban J connectivity index is 3.60. The third-order valence-electron chi connectivity index (χ3n) is 1.00. The summed E-state index contributed by atoms with van der Waals surface area (Å²) in [5, 5.41) is 16.8. The SMILES string of the molecule is COCC(OCCO)C(=O)O. The zero-order valence-corrected chi connectivity index (χ0v) is 6.32. The van der Waals surface area contributed by atoms with Crippen molar-refractivity contribution in [2.75, 3.05) is 26.9 Å². The van der Waals surface area contributed by atoms with Gasteiger partial charge in [0.25, 0.3) is 0 Å². The Labute approximate surface area is 64.5 Å². The van der Waals surface area contributed by atoms with Crippen LogP contribution < -0.4 is 0 Å². The van der Waals surface area contributed by atoms with Crippen LogP contribution >= 0.6 is 0 Å². The molecule has 0 fully saturated rings. The molecule has 0 rings (SSSR count). The molecular weight excluding hydrogens is 152 g/mol. The van der Waals surface area contributed by atoms with Gasteiger partial charge < -0.3 is 19.7 Å². The molecule has 0 aliphatic rings. The molecule has 0 aliphatic carbocycles. The van der Waals surface area contributed by atoms with Gasteiger partial charge >= 0.3 is 5.97 Å². The molecule has 0 aliphatic heterocycles. The van der Waals surface area contributed by atoms with Crippen molar-refractivity contribution in [3.8, 4) is 0 Å². The lowest BCUT2D eigenvalue weighted by molar-refractivity contribution is -0.154. The fourth-order valence-corrected chi connectivity index (χ4v) is 0.537. The molecule has 5 heteroatoms. The number of hydrogen-bond acceptors (Lipinski definition) is 4. The maximum absolute atomic E-state index is 10.3. The second-order valence-electron chi connectivity index (χ2n) is 1.88. The number of carboxylic acid groups (broad SMARTS) is 1. The lowest BCUT2D eigenvalue weighted by Gasteiger charge is -2.10. The number of aliphatic hydroxyl groups excluding tert-OH is 1. The molecule has 11 heavy (non-hydrogen) atoms. The van der Waals surface area contributed by atoms with Crippen LogP contribution in [0.2, 0.25) is 0 Å². The predicted octanol–water partition coefficient (Wildman–Crippen LogP) is -0.905. The van der Waals surface area contributed by atoms with Gasteiger partial charge in [-0.3, -0.25) is 0 Å². The van der Waals surface area contributed by atoms with E-state index in [4.69, 9.17) is 14.9 Å². The van der Waals surface area contributed by atoms with E-state index in [0.29, 0.717) is 0 Å². The van der Waals surface area contributed by atoms with Crippen LogP contribution in [0.25, 0.3) is 0 Å². The molecule has 0 saturated heterocycles. The largest absolute Gasteiger partial charge is 0.479 e. The van der Waals surface area contributed by atoms with Crippen LogP contribution in [-0.2, 0) is 14.3 Å². The fourth-order valence-electron chi connectivity index (χ4n) is 0.537. The molecule has 1 unspecified atom stereocenters. The van der Waals surface area contributed by atoms with E-state index in [1.807, 2.05) is 0 Å². The zero-order valence-electron chi connectivity index (χ0n) is 6.32.